The summed E-state index contributed by atoms with van der Waals surface area (Å²) in [4.78, 5) is 16.2. The number of nitrogens with one attached hydrogen (secondary N) is 2. The first kappa shape index (κ1) is 12.0. The van der Waals surface area contributed by atoms with Gasteiger partial charge in [-0.2, -0.15) is 24.7 Å². The summed E-state index contributed by atoms with van der Waals surface area (Å²) in [7, 11) is 0. The van der Waals surface area contributed by atoms with Gasteiger partial charge in [-0.15, -0.1) is 0 Å². The molecule has 0 radical (unpaired) electrons. The van der Waals surface area contributed by atoms with Crippen molar-refractivity contribution in [1.29, 1.82) is 0 Å². The Bertz CT molecular complexity index is 664. The van der Waals surface area contributed by atoms with Crippen molar-refractivity contribution >= 4 is 11.9 Å². The van der Waals surface area contributed by atoms with E-state index in [1.165, 1.54) is 17.3 Å². The first-order valence-corrected chi connectivity index (χ1v) is 5.68. The van der Waals surface area contributed by atoms with Crippen molar-refractivity contribution in [2.24, 2.45) is 5.84 Å². The van der Waals surface area contributed by atoms with E-state index in [1.54, 1.807) is 12.5 Å². The maximum Gasteiger partial charge on any atom is 0.258 e. The molecule has 0 bridgehead atoms. The molecule has 0 aliphatic carbocycles. The third kappa shape index (κ3) is 2.54. The smallest absolute Gasteiger partial charge is 0.258 e. The Balaban J connectivity index is 1.84. The maximum absolute atomic E-state index is 5.34. The summed E-state index contributed by atoms with van der Waals surface area (Å²) in [5.41, 5.74) is 3.35. The Morgan fingerprint density at radius 2 is 2.15 bits per heavy atom. The lowest BCUT2D eigenvalue weighted by atomic mass is 10.3. The van der Waals surface area contributed by atoms with E-state index in [0.717, 1.165) is 5.56 Å². The number of anilines is 2. The molecule has 4 N–H and O–H groups in total. The number of hydrazine groups is 1. The number of rotatable bonds is 5. The Morgan fingerprint density at radius 3 is 2.85 bits per heavy atom. The van der Waals surface area contributed by atoms with E-state index in [-0.39, 0.29) is 5.95 Å². The molecule has 0 amide bonds. The molecule has 102 valence electrons. The molecule has 0 aromatic carbocycles. The molecule has 0 unspecified atom stereocenters. The van der Waals surface area contributed by atoms with Crippen LogP contribution >= 0.6 is 0 Å². The molecule has 3 aromatic rings. The summed E-state index contributed by atoms with van der Waals surface area (Å²) in [5.74, 6) is 6.23. The van der Waals surface area contributed by atoms with Gasteiger partial charge in [0, 0.05) is 12.1 Å². The van der Waals surface area contributed by atoms with Gasteiger partial charge in [0.2, 0.25) is 11.9 Å². The van der Waals surface area contributed by atoms with Crippen molar-refractivity contribution in [2.45, 2.75) is 6.54 Å². The molecule has 0 fully saturated rings. The Morgan fingerprint density at radius 1 is 1.25 bits per heavy atom. The molecule has 3 rings (SSSR count). The highest BCUT2D eigenvalue weighted by molar-refractivity contribution is 5.37. The highest BCUT2D eigenvalue weighted by Crippen LogP contribution is 2.09. The SMILES string of the molecule is NNc1nc(NCc2ccoc2)nc(-n2cncn2)n1. The third-order valence-corrected chi connectivity index (χ3v) is 2.41. The van der Waals surface area contributed by atoms with E-state index in [1.807, 2.05) is 6.07 Å². The van der Waals surface area contributed by atoms with Crippen molar-refractivity contribution in [3.8, 4) is 5.95 Å². The predicted molar refractivity (Wildman–Crippen MR) is 68.6 cm³/mol. The van der Waals surface area contributed by atoms with Crippen molar-refractivity contribution in [3.05, 3.63) is 36.8 Å². The first-order valence-electron chi connectivity index (χ1n) is 5.68. The van der Waals surface area contributed by atoms with Crippen LogP contribution in [0.5, 0.6) is 0 Å². The Labute approximate surface area is 113 Å². The quantitative estimate of drug-likeness (QED) is 0.432. The summed E-state index contributed by atoms with van der Waals surface area (Å²) in [6.07, 6.45) is 6.10. The number of nitrogens with two attached hydrogens (primary N) is 1. The normalized spacial score (nSPS) is 10.4. The zero-order chi connectivity index (χ0) is 13.8. The van der Waals surface area contributed by atoms with Gasteiger partial charge in [0.05, 0.1) is 12.5 Å². The molecule has 0 saturated heterocycles. The fourth-order valence-corrected chi connectivity index (χ4v) is 1.50. The molecule has 0 atom stereocenters. The van der Waals surface area contributed by atoms with Gasteiger partial charge in [-0.3, -0.25) is 5.43 Å². The van der Waals surface area contributed by atoms with Crippen LogP contribution in [-0.2, 0) is 6.54 Å². The second-order valence-electron chi connectivity index (χ2n) is 3.75. The second kappa shape index (κ2) is 5.32. The minimum atomic E-state index is 0.222. The van der Waals surface area contributed by atoms with E-state index in [4.69, 9.17) is 10.3 Å². The van der Waals surface area contributed by atoms with Gasteiger partial charge in [0.1, 0.15) is 12.7 Å². The molecule has 10 nitrogen and oxygen atoms in total. The van der Waals surface area contributed by atoms with Gasteiger partial charge in [0.25, 0.3) is 5.95 Å². The van der Waals surface area contributed by atoms with Gasteiger partial charge in [-0.05, 0) is 6.07 Å². The summed E-state index contributed by atoms with van der Waals surface area (Å²) in [6, 6.07) is 1.84. The molecule has 0 saturated carbocycles. The van der Waals surface area contributed by atoms with Crippen LogP contribution in [0.4, 0.5) is 11.9 Å². The van der Waals surface area contributed by atoms with Crippen molar-refractivity contribution < 1.29 is 4.42 Å². The zero-order valence-electron chi connectivity index (χ0n) is 10.3. The molecule has 20 heavy (non-hydrogen) atoms. The maximum atomic E-state index is 5.34. The van der Waals surface area contributed by atoms with E-state index >= 15 is 0 Å². The minimum Gasteiger partial charge on any atom is -0.472 e. The number of furan rings is 1. The lowest BCUT2D eigenvalue weighted by Gasteiger charge is -2.07. The van der Waals surface area contributed by atoms with Gasteiger partial charge in [0.15, 0.2) is 0 Å². The topological polar surface area (TPSA) is 133 Å². The summed E-state index contributed by atoms with van der Waals surface area (Å²) >= 11 is 0. The van der Waals surface area contributed by atoms with Crippen LogP contribution in [0.3, 0.4) is 0 Å². The number of aromatic nitrogens is 6. The monoisotopic (exact) mass is 273 g/mol. The van der Waals surface area contributed by atoms with E-state index < -0.39 is 0 Å². The molecular weight excluding hydrogens is 262 g/mol. The van der Waals surface area contributed by atoms with Crippen LogP contribution in [0.25, 0.3) is 5.95 Å². The Kier molecular flexibility index (Phi) is 3.20. The van der Waals surface area contributed by atoms with E-state index in [2.05, 4.69) is 35.8 Å². The second-order valence-corrected chi connectivity index (χ2v) is 3.75. The van der Waals surface area contributed by atoms with Gasteiger partial charge >= 0.3 is 0 Å². The van der Waals surface area contributed by atoms with Gasteiger partial charge < -0.3 is 9.73 Å². The summed E-state index contributed by atoms with van der Waals surface area (Å²) < 4.78 is 6.39. The van der Waals surface area contributed by atoms with Crippen LogP contribution in [0.2, 0.25) is 0 Å². The van der Waals surface area contributed by atoms with E-state index in [0.29, 0.717) is 18.4 Å². The lowest BCUT2D eigenvalue weighted by Crippen LogP contribution is -2.16. The van der Waals surface area contributed by atoms with Crippen molar-refractivity contribution in [2.75, 3.05) is 10.7 Å². The fourth-order valence-electron chi connectivity index (χ4n) is 1.50. The first-order chi connectivity index (χ1) is 9.85. The van der Waals surface area contributed by atoms with Crippen molar-refractivity contribution in [1.82, 2.24) is 29.7 Å². The molecular formula is C10H11N9O. The molecule has 3 aromatic heterocycles. The van der Waals surface area contributed by atoms with Gasteiger partial charge in [-0.25, -0.2) is 10.8 Å². The number of nitrogen functional groups attached to an aromatic ring is 1. The fraction of sp³-hybridized carbons (Fsp3) is 0.100. The Hall–Kier alpha value is -3.01. The number of hydrogen-bond donors (Lipinski definition) is 3. The summed E-state index contributed by atoms with van der Waals surface area (Å²) in [5, 5.41) is 7.00. The highest BCUT2D eigenvalue weighted by Gasteiger charge is 2.08. The lowest BCUT2D eigenvalue weighted by molar-refractivity contribution is 0.564. The van der Waals surface area contributed by atoms with Crippen LogP contribution in [0.1, 0.15) is 5.56 Å². The largest absolute Gasteiger partial charge is 0.472 e. The molecule has 10 heteroatoms. The third-order valence-electron chi connectivity index (χ3n) is 2.41. The highest BCUT2D eigenvalue weighted by atomic mass is 16.3. The molecule has 0 aliphatic rings. The van der Waals surface area contributed by atoms with E-state index in [9.17, 15) is 0 Å². The zero-order valence-corrected chi connectivity index (χ0v) is 10.3. The van der Waals surface area contributed by atoms with Crippen LogP contribution in [-0.4, -0.2) is 29.7 Å². The standard InChI is InChI=1S/C10H11N9O/c11-18-9-15-8(13-3-7-1-2-20-4-7)16-10(17-9)19-6-12-5-14-19/h1-2,4-6H,3,11H2,(H2,13,15,16,17,18). The van der Waals surface area contributed by atoms with Gasteiger partial charge in [-0.1, -0.05) is 0 Å². The van der Waals surface area contributed by atoms with Crippen LogP contribution in [0.15, 0.2) is 35.7 Å². The van der Waals surface area contributed by atoms with Crippen LogP contribution in [0, 0.1) is 0 Å². The summed E-state index contributed by atoms with van der Waals surface area (Å²) in [6.45, 7) is 0.515. The number of nitrogens with zero attached hydrogens (tertiary/aromatic N) is 6. The minimum absolute atomic E-state index is 0.222. The number of hydrogen-bond acceptors (Lipinski definition) is 9. The molecule has 3 heterocycles. The average molecular weight is 273 g/mol. The molecule has 0 spiro atoms. The average Bonchev–Trinajstić information content (AvgIpc) is 3.17. The van der Waals surface area contributed by atoms with Crippen LogP contribution < -0.4 is 16.6 Å². The van der Waals surface area contributed by atoms with Crippen molar-refractivity contribution in [3.63, 3.8) is 0 Å². The molecule has 0 aliphatic heterocycles. The predicted octanol–water partition coefficient (Wildman–Crippen LogP) is -0.0570.